The molecule has 0 saturated carbocycles. The highest BCUT2D eigenvalue weighted by molar-refractivity contribution is 7.93. The summed E-state index contributed by atoms with van der Waals surface area (Å²) >= 11 is 0. The summed E-state index contributed by atoms with van der Waals surface area (Å²) in [5.41, 5.74) is 1.08. The van der Waals surface area contributed by atoms with Crippen LogP contribution in [0.5, 0.6) is 5.75 Å². The molecule has 0 unspecified atom stereocenters. The van der Waals surface area contributed by atoms with E-state index in [1.807, 2.05) is 13.8 Å². The van der Waals surface area contributed by atoms with Crippen LogP contribution in [0.2, 0.25) is 0 Å². The van der Waals surface area contributed by atoms with E-state index in [2.05, 4.69) is 0 Å². The lowest BCUT2D eigenvalue weighted by molar-refractivity contribution is -0.117. The minimum atomic E-state index is -4.21. The predicted molar refractivity (Wildman–Crippen MR) is 125 cm³/mol. The number of imidazole rings is 1. The van der Waals surface area contributed by atoms with Gasteiger partial charge in [-0.15, -0.1) is 0 Å². The summed E-state index contributed by atoms with van der Waals surface area (Å²) in [6.07, 6.45) is 2.47. The predicted octanol–water partition coefficient (Wildman–Crippen LogP) is 3.58. The van der Waals surface area contributed by atoms with Gasteiger partial charge in [-0.3, -0.25) is 13.9 Å². The molecule has 0 radical (unpaired) electrons. The van der Waals surface area contributed by atoms with E-state index in [9.17, 15) is 18.0 Å². The molecule has 0 N–H and O–H groups in total. The Morgan fingerprint density at radius 1 is 0.969 bits per heavy atom. The maximum atomic E-state index is 13.6. The van der Waals surface area contributed by atoms with Gasteiger partial charge in [0.25, 0.3) is 10.0 Å². The lowest BCUT2D eigenvalue weighted by Gasteiger charge is -2.23. The maximum absolute atomic E-state index is 13.6. The van der Waals surface area contributed by atoms with Crippen LogP contribution in [0.1, 0.15) is 39.5 Å². The summed E-state index contributed by atoms with van der Waals surface area (Å²) in [4.78, 5) is 25.3. The van der Waals surface area contributed by atoms with Gasteiger partial charge in [0.15, 0.2) is 0 Å². The molecule has 0 fully saturated rings. The zero-order valence-corrected chi connectivity index (χ0v) is 19.7. The molecule has 0 aliphatic heterocycles. The number of aryl methyl sites for hydroxylation is 2. The molecule has 8 nitrogen and oxygen atoms in total. The van der Waals surface area contributed by atoms with Crippen LogP contribution in [0.3, 0.4) is 0 Å². The van der Waals surface area contributed by atoms with Gasteiger partial charge in [0.1, 0.15) is 5.75 Å². The fraction of sp³-hybridized carbons (Fsp3) is 0.391. The van der Waals surface area contributed by atoms with Crippen molar-refractivity contribution in [2.24, 2.45) is 14.1 Å². The van der Waals surface area contributed by atoms with Crippen LogP contribution in [0.15, 0.2) is 52.2 Å². The largest absolute Gasteiger partial charge is 0.494 e. The average molecular weight is 460 g/mol. The maximum Gasteiger partial charge on any atom is 0.328 e. The molecule has 0 aliphatic carbocycles. The summed E-state index contributed by atoms with van der Waals surface area (Å²) in [6.45, 7) is 4.35. The second-order valence-electron chi connectivity index (χ2n) is 7.60. The second-order valence-corrected chi connectivity index (χ2v) is 9.39. The van der Waals surface area contributed by atoms with Crippen molar-refractivity contribution in [1.82, 2.24) is 9.13 Å². The van der Waals surface area contributed by atoms with E-state index in [0.29, 0.717) is 29.8 Å². The molecule has 0 saturated heterocycles. The topological polar surface area (TPSA) is 90.6 Å². The fourth-order valence-corrected chi connectivity index (χ4v) is 5.11. The number of ether oxygens (including phenoxy) is 1. The van der Waals surface area contributed by atoms with Crippen molar-refractivity contribution in [2.45, 2.75) is 44.4 Å². The van der Waals surface area contributed by atoms with E-state index in [0.717, 1.165) is 17.1 Å². The molecule has 1 amide bonds. The van der Waals surface area contributed by atoms with Crippen LogP contribution in [-0.4, -0.2) is 30.1 Å². The Hall–Kier alpha value is -3.07. The van der Waals surface area contributed by atoms with E-state index < -0.39 is 15.9 Å². The zero-order chi connectivity index (χ0) is 23.5. The third kappa shape index (κ3) is 4.43. The first-order chi connectivity index (χ1) is 15.2. The number of anilines is 1. The van der Waals surface area contributed by atoms with E-state index in [-0.39, 0.29) is 22.7 Å². The number of carbonyl (C=O) groups excluding carboxylic acids is 1. The smallest absolute Gasteiger partial charge is 0.328 e. The molecule has 1 heterocycles. The lowest BCUT2D eigenvalue weighted by Crippen LogP contribution is -2.37. The minimum absolute atomic E-state index is 0.0519. The zero-order valence-electron chi connectivity index (χ0n) is 18.9. The van der Waals surface area contributed by atoms with Crippen molar-refractivity contribution < 1.29 is 17.9 Å². The van der Waals surface area contributed by atoms with Gasteiger partial charge in [-0.05, 0) is 55.8 Å². The van der Waals surface area contributed by atoms with Crippen LogP contribution in [0.4, 0.5) is 5.69 Å². The SMILES string of the molecule is CCCCCC(=O)N(c1ccc(OCC)cc1)S(=O)(=O)c1ccc2c(c1)n(C)c(=O)n2C. The van der Waals surface area contributed by atoms with Gasteiger partial charge in [0.05, 0.1) is 28.2 Å². The summed E-state index contributed by atoms with van der Waals surface area (Å²) in [7, 11) is -0.997. The van der Waals surface area contributed by atoms with Gasteiger partial charge in [-0.25, -0.2) is 17.5 Å². The first-order valence-corrected chi connectivity index (χ1v) is 12.1. The number of sulfonamides is 1. The van der Waals surface area contributed by atoms with Crippen molar-refractivity contribution in [1.29, 1.82) is 0 Å². The van der Waals surface area contributed by atoms with Crippen molar-refractivity contribution >= 4 is 32.7 Å². The molecular formula is C23H29N3O5S. The number of fused-ring (bicyclic) bond motifs is 1. The monoisotopic (exact) mass is 459 g/mol. The highest BCUT2D eigenvalue weighted by Gasteiger charge is 2.31. The number of aromatic nitrogens is 2. The second kappa shape index (κ2) is 9.60. The van der Waals surface area contributed by atoms with Gasteiger partial charge >= 0.3 is 5.69 Å². The molecule has 9 heteroatoms. The molecule has 32 heavy (non-hydrogen) atoms. The van der Waals surface area contributed by atoms with Gasteiger partial charge in [-0.1, -0.05) is 19.8 Å². The molecule has 1 aromatic heterocycles. The number of hydrogen-bond acceptors (Lipinski definition) is 5. The molecule has 3 rings (SSSR count). The summed E-state index contributed by atoms with van der Waals surface area (Å²) < 4.78 is 36.4. The highest BCUT2D eigenvalue weighted by atomic mass is 32.2. The number of nitrogens with zero attached hydrogens (tertiary/aromatic N) is 3. The Bertz CT molecular complexity index is 1270. The van der Waals surface area contributed by atoms with E-state index in [4.69, 9.17) is 4.74 Å². The van der Waals surface area contributed by atoms with Crippen molar-refractivity contribution in [3.8, 4) is 5.75 Å². The molecule has 3 aromatic rings. The number of rotatable bonds is 9. The first kappa shape index (κ1) is 23.6. The van der Waals surface area contributed by atoms with E-state index in [1.165, 1.54) is 21.3 Å². The van der Waals surface area contributed by atoms with Gasteiger partial charge < -0.3 is 4.74 Å². The average Bonchev–Trinajstić information content (AvgIpc) is 2.99. The minimum Gasteiger partial charge on any atom is -0.494 e. The van der Waals surface area contributed by atoms with Crippen LogP contribution in [0.25, 0.3) is 11.0 Å². The Morgan fingerprint density at radius 2 is 1.62 bits per heavy atom. The van der Waals surface area contributed by atoms with Crippen LogP contribution < -0.4 is 14.7 Å². The first-order valence-electron chi connectivity index (χ1n) is 10.7. The summed E-state index contributed by atoms with van der Waals surface area (Å²) in [6, 6.07) is 10.9. The van der Waals surface area contributed by atoms with Gasteiger partial charge in [0.2, 0.25) is 5.91 Å². The third-order valence-electron chi connectivity index (χ3n) is 5.38. The molecule has 0 bridgehead atoms. The van der Waals surface area contributed by atoms with Crippen molar-refractivity contribution in [2.75, 3.05) is 10.9 Å². The summed E-state index contributed by atoms with van der Waals surface area (Å²) in [5.74, 6) is 0.0948. The van der Waals surface area contributed by atoms with Gasteiger partial charge in [-0.2, -0.15) is 0 Å². The Kier molecular flexibility index (Phi) is 7.08. The van der Waals surface area contributed by atoms with Crippen LogP contribution in [-0.2, 0) is 28.9 Å². The van der Waals surface area contributed by atoms with Gasteiger partial charge in [0, 0.05) is 20.5 Å². The molecule has 0 aliphatic rings. The Morgan fingerprint density at radius 3 is 2.25 bits per heavy atom. The van der Waals surface area contributed by atoms with E-state index in [1.54, 1.807) is 44.4 Å². The molecule has 172 valence electrons. The van der Waals surface area contributed by atoms with Crippen molar-refractivity contribution in [3.63, 3.8) is 0 Å². The summed E-state index contributed by atoms with van der Waals surface area (Å²) in [5, 5.41) is 0. The Balaban J connectivity index is 2.09. The highest BCUT2D eigenvalue weighted by Crippen LogP contribution is 2.29. The van der Waals surface area contributed by atoms with E-state index >= 15 is 0 Å². The lowest BCUT2D eigenvalue weighted by atomic mass is 10.2. The standard InChI is InChI=1S/C23H29N3O5S/c1-5-7-8-9-22(27)26(17-10-12-18(13-11-17)31-6-2)32(29,30)19-14-15-20-21(16-19)25(4)23(28)24(20)3/h10-16H,5-9H2,1-4H3. The number of amides is 1. The fourth-order valence-electron chi connectivity index (χ4n) is 3.64. The normalized spacial score (nSPS) is 11.6. The van der Waals surface area contributed by atoms with Crippen LogP contribution in [0, 0.1) is 0 Å². The molecule has 0 atom stereocenters. The molecule has 0 spiro atoms. The Labute approximate surface area is 188 Å². The van der Waals surface area contributed by atoms with Crippen LogP contribution >= 0.6 is 0 Å². The molecular weight excluding hydrogens is 430 g/mol. The number of benzene rings is 2. The third-order valence-corrected chi connectivity index (χ3v) is 7.13. The molecule has 2 aromatic carbocycles. The quantitative estimate of drug-likeness (QED) is 0.456. The number of unbranched alkanes of at least 4 members (excludes halogenated alkanes) is 2. The van der Waals surface area contributed by atoms with Crippen molar-refractivity contribution in [3.05, 3.63) is 52.9 Å². The number of carbonyl (C=O) groups is 1. The number of hydrogen-bond donors (Lipinski definition) is 0.